The molecule has 6 heteroatoms. The zero-order valence-corrected chi connectivity index (χ0v) is 44.1. The molecule has 0 rings (SSSR count). The summed E-state index contributed by atoms with van der Waals surface area (Å²) in [6.45, 7) is 6.40. The van der Waals surface area contributed by atoms with Gasteiger partial charge in [-0.15, -0.1) is 0 Å². The lowest BCUT2D eigenvalue weighted by Crippen LogP contribution is -2.30. The quantitative estimate of drug-likeness (QED) is 0.0262. The predicted octanol–water partition coefficient (Wildman–Crippen LogP) is 18.7. The Hall–Kier alpha value is -3.93. The summed E-state index contributed by atoms with van der Waals surface area (Å²) in [4.78, 5) is 37.7. The molecule has 0 saturated carbocycles. The molecule has 0 heterocycles. The highest BCUT2D eigenvalue weighted by Gasteiger charge is 2.19. The van der Waals surface area contributed by atoms with Gasteiger partial charge in [-0.1, -0.05) is 226 Å². The molecule has 0 aliphatic rings. The normalized spacial score (nSPS) is 12.9. The van der Waals surface area contributed by atoms with E-state index in [-0.39, 0.29) is 31.1 Å². The molecular weight excluding hydrogens is 841 g/mol. The van der Waals surface area contributed by atoms with Crippen LogP contribution in [0.5, 0.6) is 0 Å². The second-order valence-corrected chi connectivity index (χ2v) is 18.1. The van der Waals surface area contributed by atoms with Gasteiger partial charge in [0, 0.05) is 19.3 Å². The zero-order chi connectivity index (χ0) is 49.3. The van der Waals surface area contributed by atoms with Gasteiger partial charge in [0.05, 0.1) is 0 Å². The molecule has 0 aliphatic heterocycles. The number of hydrogen-bond acceptors (Lipinski definition) is 6. The summed E-state index contributed by atoms with van der Waals surface area (Å²) in [6, 6.07) is 0. The average Bonchev–Trinajstić information content (AvgIpc) is 3.34. The van der Waals surface area contributed by atoms with Gasteiger partial charge in [-0.05, 0) is 109 Å². The van der Waals surface area contributed by atoms with Crippen molar-refractivity contribution in [3.05, 3.63) is 109 Å². The third-order valence-corrected chi connectivity index (χ3v) is 11.5. The van der Waals surface area contributed by atoms with E-state index in [1.807, 2.05) is 0 Å². The Bertz CT molecular complexity index is 1410. The summed E-state index contributed by atoms with van der Waals surface area (Å²) >= 11 is 0. The Morgan fingerprint density at radius 1 is 0.309 bits per heavy atom. The monoisotopic (exact) mass is 943 g/mol. The minimum atomic E-state index is -0.785. The lowest BCUT2D eigenvalue weighted by molar-refractivity contribution is -0.167. The molecule has 386 valence electrons. The molecule has 68 heavy (non-hydrogen) atoms. The molecular formula is C62H102O6. The summed E-state index contributed by atoms with van der Waals surface area (Å²) in [5.41, 5.74) is 0. The molecule has 0 aromatic heterocycles. The third-order valence-electron chi connectivity index (χ3n) is 11.5. The minimum Gasteiger partial charge on any atom is -0.462 e. The maximum Gasteiger partial charge on any atom is 0.306 e. The highest BCUT2D eigenvalue weighted by atomic mass is 16.6. The summed E-state index contributed by atoms with van der Waals surface area (Å²) in [5.74, 6) is -0.928. The van der Waals surface area contributed by atoms with Crippen molar-refractivity contribution in [3.63, 3.8) is 0 Å². The van der Waals surface area contributed by atoms with Crippen LogP contribution in [0.3, 0.4) is 0 Å². The maximum absolute atomic E-state index is 12.7. The van der Waals surface area contributed by atoms with Crippen molar-refractivity contribution in [1.29, 1.82) is 0 Å². The van der Waals surface area contributed by atoms with Gasteiger partial charge in [-0.25, -0.2) is 0 Å². The lowest BCUT2D eigenvalue weighted by Gasteiger charge is -2.18. The molecule has 0 fully saturated rings. The van der Waals surface area contributed by atoms with E-state index < -0.39 is 6.10 Å². The Balaban J connectivity index is 4.13. The summed E-state index contributed by atoms with van der Waals surface area (Å²) in [6.07, 6.45) is 75.5. The van der Waals surface area contributed by atoms with Crippen molar-refractivity contribution in [3.8, 4) is 0 Å². The van der Waals surface area contributed by atoms with Gasteiger partial charge in [0.2, 0.25) is 0 Å². The molecule has 6 nitrogen and oxygen atoms in total. The molecule has 0 amide bonds. The van der Waals surface area contributed by atoms with E-state index in [4.69, 9.17) is 14.2 Å². The lowest BCUT2D eigenvalue weighted by atomic mass is 10.1. The van der Waals surface area contributed by atoms with Gasteiger partial charge in [0.15, 0.2) is 6.10 Å². The van der Waals surface area contributed by atoms with E-state index in [0.717, 1.165) is 141 Å². The van der Waals surface area contributed by atoms with Gasteiger partial charge in [0.1, 0.15) is 13.2 Å². The van der Waals surface area contributed by atoms with Crippen LogP contribution in [0.15, 0.2) is 109 Å². The van der Waals surface area contributed by atoms with Gasteiger partial charge in [-0.3, -0.25) is 14.4 Å². The fraction of sp³-hybridized carbons (Fsp3) is 0.661. The minimum absolute atomic E-state index is 0.0873. The molecule has 0 radical (unpaired) electrons. The molecule has 0 aliphatic carbocycles. The SMILES string of the molecule is CC/C=C\C/C=C\C/C=C\C/C=C\C/C=C\C/C=C\C/C=C\C/C=C\CCCCCCCCC(=O)OCC(COC(=O)CCCCCCC)OC(=O)CCCCCCC/C=C\CCCCCCC. The van der Waals surface area contributed by atoms with Crippen LogP contribution < -0.4 is 0 Å². The molecule has 0 aromatic rings. The first-order chi connectivity index (χ1) is 33.5. The highest BCUT2D eigenvalue weighted by molar-refractivity contribution is 5.71. The molecule has 0 bridgehead atoms. The van der Waals surface area contributed by atoms with E-state index in [0.29, 0.717) is 19.3 Å². The molecule has 0 spiro atoms. The molecule has 0 saturated heterocycles. The average molecular weight is 943 g/mol. The Morgan fingerprint density at radius 2 is 0.574 bits per heavy atom. The van der Waals surface area contributed by atoms with E-state index in [2.05, 4.69) is 130 Å². The van der Waals surface area contributed by atoms with Gasteiger partial charge < -0.3 is 14.2 Å². The van der Waals surface area contributed by atoms with E-state index in [1.54, 1.807) is 0 Å². The van der Waals surface area contributed by atoms with Crippen molar-refractivity contribution in [2.24, 2.45) is 0 Å². The van der Waals surface area contributed by atoms with Gasteiger partial charge >= 0.3 is 17.9 Å². The van der Waals surface area contributed by atoms with Crippen LogP contribution in [0, 0.1) is 0 Å². The first-order valence-corrected chi connectivity index (χ1v) is 27.9. The Morgan fingerprint density at radius 3 is 0.912 bits per heavy atom. The van der Waals surface area contributed by atoms with Crippen LogP contribution in [0.1, 0.15) is 245 Å². The fourth-order valence-electron chi connectivity index (χ4n) is 7.33. The Kier molecular flexibility index (Phi) is 52.4. The maximum atomic E-state index is 12.7. The molecule has 1 unspecified atom stereocenters. The van der Waals surface area contributed by atoms with Crippen molar-refractivity contribution < 1.29 is 28.6 Å². The number of unbranched alkanes of at least 4 members (excludes halogenated alkanes) is 20. The topological polar surface area (TPSA) is 78.9 Å². The van der Waals surface area contributed by atoms with Crippen molar-refractivity contribution >= 4 is 17.9 Å². The number of carbonyl (C=O) groups is 3. The van der Waals surface area contributed by atoms with Crippen LogP contribution in [0.2, 0.25) is 0 Å². The van der Waals surface area contributed by atoms with Crippen LogP contribution in [0.4, 0.5) is 0 Å². The third kappa shape index (κ3) is 53.0. The number of ether oxygens (including phenoxy) is 3. The summed E-state index contributed by atoms with van der Waals surface area (Å²) in [5, 5.41) is 0. The van der Waals surface area contributed by atoms with Crippen LogP contribution in [-0.4, -0.2) is 37.2 Å². The van der Waals surface area contributed by atoms with Crippen LogP contribution in [0.25, 0.3) is 0 Å². The number of esters is 3. The summed E-state index contributed by atoms with van der Waals surface area (Å²) in [7, 11) is 0. The van der Waals surface area contributed by atoms with Crippen molar-refractivity contribution in [2.45, 2.75) is 252 Å². The molecule has 0 N–H and O–H groups in total. The van der Waals surface area contributed by atoms with Crippen molar-refractivity contribution in [2.75, 3.05) is 13.2 Å². The van der Waals surface area contributed by atoms with Gasteiger partial charge in [0.25, 0.3) is 0 Å². The second-order valence-electron chi connectivity index (χ2n) is 18.1. The first kappa shape index (κ1) is 64.1. The summed E-state index contributed by atoms with van der Waals surface area (Å²) < 4.78 is 16.7. The van der Waals surface area contributed by atoms with Crippen molar-refractivity contribution in [1.82, 2.24) is 0 Å². The Labute approximate surface area is 419 Å². The van der Waals surface area contributed by atoms with E-state index in [1.165, 1.54) is 64.2 Å². The molecule has 0 aromatic carbocycles. The predicted molar refractivity (Wildman–Crippen MR) is 293 cm³/mol. The molecule has 1 atom stereocenters. The standard InChI is InChI=1S/C62H102O6/c1-4-7-10-13-15-17-19-21-23-24-25-26-27-28-29-30-31-32-33-34-35-36-37-38-39-41-42-44-46-49-52-55-61(64)67-58-59(57-66-60(63)54-51-48-12-9-6-3)68-62(65)56-53-50-47-45-43-40-22-20-18-16-14-11-8-5-2/h7,10,15,17,20-23,25-26,28-29,31-32,34-35,37-38,59H,4-6,8-9,11-14,16,18-19,24,27,30,33,36,39-58H2,1-3H3/b10-7-,17-15-,22-20-,23-21-,26-25-,29-28-,32-31-,35-34-,38-37-. The van der Waals surface area contributed by atoms with E-state index >= 15 is 0 Å². The first-order valence-electron chi connectivity index (χ1n) is 27.9. The number of allylic oxidation sites excluding steroid dienone is 18. The number of hydrogen-bond donors (Lipinski definition) is 0. The van der Waals surface area contributed by atoms with E-state index in [9.17, 15) is 14.4 Å². The van der Waals surface area contributed by atoms with Crippen LogP contribution >= 0.6 is 0 Å². The largest absolute Gasteiger partial charge is 0.462 e. The van der Waals surface area contributed by atoms with Crippen LogP contribution in [-0.2, 0) is 28.6 Å². The smallest absolute Gasteiger partial charge is 0.306 e. The van der Waals surface area contributed by atoms with Gasteiger partial charge in [-0.2, -0.15) is 0 Å². The number of carbonyl (C=O) groups excluding carboxylic acids is 3. The zero-order valence-electron chi connectivity index (χ0n) is 44.1. The number of rotatable bonds is 49. The highest BCUT2D eigenvalue weighted by Crippen LogP contribution is 2.13. The second kappa shape index (κ2) is 55.7. The fourth-order valence-corrected chi connectivity index (χ4v) is 7.33.